The third-order valence-corrected chi connectivity index (χ3v) is 3.39. The molecule has 2 rings (SSSR count). The molecule has 0 bridgehead atoms. The molecular formula is C12H9F3OS. The summed E-state index contributed by atoms with van der Waals surface area (Å²) in [6.45, 7) is 1.73. The van der Waals surface area contributed by atoms with E-state index in [9.17, 15) is 18.3 Å². The minimum atomic E-state index is -1.41. The van der Waals surface area contributed by atoms with Gasteiger partial charge >= 0.3 is 0 Å². The molecule has 1 heterocycles. The lowest BCUT2D eigenvalue weighted by atomic mass is 10.0. The van der Waals surface area contributed by atoms with Crippen LogP contribution in [0.1, 0.15) is 22.8 Å². The maximum atomic E-state index is 13.4. The normalized spacial score (nSPS) is 12.8. The van der Waals surface area contributed by atoms with E-state index in [1.54, 1.807) is 17.7 Å². The Morgan fingerprint density at radius 1 is 1.12 bits per heavy atom. The summed E-state index contributed by atoms with van der Waals surface area (Å²) in [6.07, 6.45) is -1.41. The van der Waals surface area contributed by atoms with Crippen molar-refractivity contribution in [2.45, 2.75) is 13.0 Å². The van der Waals surface area contributed by atoms with Gasteiger partial charge in [-0.25, -0.2) is 13.2 Å². The predicted molar refractivity (Wildman–Crippen MR) is 59.4 cm³/mol. The van der Waals surface area contributed by atoms with Crippen LogP contribution in [0.5, 0.6) is 0 Å². The summed E-state index contributed by atoms with van der Waals surface area (Å²) in [4.78, 5) is 0. The van der Waals surface area contributed by atoms with Crippen molar-refractivity contribution in [1.82, 2.24) is 0 Å². The molecule has 1 unspecified atom stereocenters. The van der Waals surface area contributed by atoms with Gasteiger partial charge in [0.05, 0.1) is 5.56 Å². The number of aliphatic hydroxyl groups is 1. The molecule has 0 aliphatic rings. The van der Waals surface area contributed by atoms with E-state index in [2.05, 4.69) is 0 Å². The first-order valence-corrected chi connectivity index (χ1v) is 5.80. The number of aliphatic hydroxyl groups excluding tert-OH is 1. The van der Waals surface area contributed by atoms with Gasteiger partial charge in [-0.2, -0.15) is 11.3 Å². The van der Waals surface area contributed by atoms with Crippen molar-refractivity contribution in [2.24, 2.45) is 0 Å². The van der Waals surface area contributed by atoms with Crippen LogP contribution < -0.4 is 0 Å². The van der Waals surface area contributed by atoms with Crippen molar-refractivity contribution in [3.8, 4) is 0 Å². The number of halogens is 3. The first-order chi connectivity index (χ1) is 8.00. The van der Waals surface area contributed by atoms with E-state index in [-0.39, 0.29) is 0 Å². The van der Waals surface area contributed by atoms with Gasteiger partial charge < -0.3 is 5.11 Å². The fourth-order valence-corrected chi connectivity index (χ4v) is 2.49. The zero-order valence-electron chi connectivity index (χ0n) is 8.88. The van der Waals surface area contributed by atoms with Crippen molar-refractivity contribution in [3.63, 3.8) is 0 Å². The summed E-state index contributed by atoms with van der Waals surface area (Å²) in [5.74, 6) is -3.17. The van der Waals surface area contributed by atoms with Gasteiger partial charge in [0.1, 0.15) is 23.6 Å². The van der Waals surface area contributed by atoms with E-state index in [0.29, 0.717) is 17.7 Å². The Balaban J connectivity index is 2.51. The van der Waals surface area contributed by atoms with Crippen LogP contribution in [0.15, 0.2) is 22.9 Å². The highest BCUT2D eigenvalue weighted by Gasteiger charge is 2.22. The Hall–Kier alpha value is -1.33. The molecule has 2 aromatic rings. The van der Waals surface area contributed by atoms with Crippen molar-refractivity contribution in [3.05, 3.63) is 57.0 Å². The largest absolute Gasteiger partial charge is 0.383 e. The summed E-state index contributed by atoms with van der Waals surface area (Å²) >= 11 is 1.33. The Kier molecular flexibility index (Phi) is 3.22. The average molecular weight is 258 g/mol. The van der Waals surface area contributed by atoms with Gasteiger partial charge in [-0.1, -0.05) is 0 Å². The summed E-state index contributed by atoms with van der Waals surface area (Å²) < 4.78 is 39.6. The van der Waals surface area contributed by atoms with Crippen LogP contribution >= 0.6 is 11.3 Å². The lowest BCUT2D eigenvalue weighted by Crippen LogP contribution is -2.06. The van der Waals surface area contributed by atoms with Gasteiger partial charge in [-0.15, -0.1) is 0 Å². The van der Waals surface area contributed by atoms with Crippen LogP contribution in [0.2, 0.25) is 0 Å². The van der Waals surface area contributed by atoms with Gasteiger partial charge in [0, 0.05) is 12.1 Å². The lowest BCUT2D eigenvalue weighted by Gasteiger charge is -2.13. The lowest BCUT2D eigenvalue weighted by molar-refractivity contribution is 0.208. The van der Waals surface area contributed by atoms with Crippen LogP contribution in [-0.2, 0) is 0 Å². The standard InChI is InChI=1S/C12H9F3OS/c1-6-4-17-5-8(6)12(16)11-9(14)2-7(13)3-10(11)15/h2-5,12,16H,1H3. The molecule has 0 fully saturated rings. The molecular weight excluding hydrogens is 249 g/mol. The van der Waals surface area contributed by atoms with E-state index in [1.807, 2.05) is 0 Å². The summed E-state index contributed by atoms with van der Waals surface area (Å²) in [5.41, 5.74) is 0.651. The van der Waals surface area contributed by atoms with Gasteiger partial charge in [0.2, 0.25) is 0 Å². The van der Waals surface area contributed by atoms with E-state index in [1.165, 1.54) is 11.3 Å². The molecule has 0 amide bonds. The Bertz CT molecular complexity index is 527. The second-order valence-corrected chi connectivity index (χ2v) is 4.44. The highest BCUT2D eigenvalue weighted by atomic mass is 32.1. The van der Waals surface area contributed by atoms with Crippen molar-refractivity contribution in [2.75, 3.05) is 0 Å². The fraction of sp³-hybridized carbons (Fsp3) is 0.167. The SMILES string of the molecule is Cc1cscc1C(O)c1c(F)cc(F)cc1F. The van der Waals surface area contributed by atoms with Crippen molar-refractivity contribution < 1.29 is 18.3 Å². The molecule has 90 valence electrons. The number of rotatable bonds is 2. The molecule has 1 aromatic carbocycles. The molecule has 1 atom stereocenters. The third kappa shape index (κ3) is 2.21. The third-order valence-electron chi connectivity index (χ3n) is 2.51. The van der Waals surface area contributed by atoms with Crippen LogP contribution in [-0.4, -0.2) is 5.11 Å². The average Bonchev–Trinajstić information content (AvgIpc) is 2.62. The summed E-state index contributed by atoms with van der Waals surface area (Å²) in [6, 6.07) is 1.12. The number of benzene rings is 1. The first-order valence-electron chi connectivity index (χ1n) is 4.86. The summed E-state index contributed by atoms with van der Waals surface area (Å²) in [5, 5.41) is 13.3. The second kappa shape index (κ2) is 4.50. The molecule has 0 spiro atoms. The quantitative estimate of drug-likeness (QED) is 0.873. The Morgan fingerprint density at radius 2 is 1.71 bits per heavy atom. The van der Waals surface area contributed by atoms with E-state index in [4.69, 9.17) is 0 Å². The van der Waals surface area contributed by atoms with Gasteiger partial charge in [-0.3, -0.25) is 0 Å². The van der Waals surface area contributed by atoms with Crippen LogP contribution in [0.3, 0.4) is 0 Å². The van der Waals surface area contributed by atoms with Gasteiger partial charge in [0.15, 0.2) is 0 Å². The topological polar surface area (TPSA) is 20.2 Å². The number of hydrogen-bond acceptors (Lipinski definition) is 2. The van der Waals surface area contributed by atoms with E-state index >= 15 is 0 Å². The van der Waals surface area contributed by atoms with Crippen LogP contribution in [0.25, 0.3) is 0 Å². The van der Waals surface area contributed by atoms with E-state index < -0.39 is 29.1 Å². The van der Waals surface area contributed by atoms with Crippen LogP contribution in [0, 0.1) is 24.4 Å². The zero-order valence-corrected chi connectivity index (χ0v) is 9.69. The Morgan fingerprint density at radius 3 is 2.18 bits per heavy atom. The molecule has 5 heteroatoms. The van der Waals surface area contributed by atoms with E-state index in [0.717, 1.165) is 5.56 Å². The molecule has 0 aliphatic heterocycles. The highest BCUT2D eigenvalue weighted by Crippen LogP contribution is 2.31. The molecule has 1 aromatic heterocycles. The highest BCUT2D eigenvalue weighted by molar-refractivity contribution is 7.08. The molecule has 0 radical (unpaired) electrons. The molecule has 0 saturated heterocycles. The molecule has 1 N–H and O–H groups in total. The summed E-state index contributed by atoms with van der Waals surface area (Å²) in [7, 11) is 0. The van der Waals surface area contributed by atoms with Gasteiger partial charge in [0.25, 0.3) is 0 Å². The minimum Gasteiger partial charge on any atom is -0.383 e. The monoisotopic (exact) mass is 258 g/mol. The smallest absolute Gasteiger partial charge is 0.135 e. The zero-order chi connectivity index (χ0) is 12.6. The maximum Gasteiger partial charge on any atom is 0.135 e. The van der Waals surface area contributed by atoms with Crippen LogP contribution in [0.4, 0.5) is 13.2 Å². The molecule has 17 heavy (non-hydrogen) atoms. The fourth-order valence-electron chi connectivity index (χ4n) is 1.62. The Labute approximate surface area is 100 Å². The van der Waals surface area contributed by atoms with Gasteiger partial charge in [-0.05, 0) is 28.8 Å². The number of aryl methyl sites for hydroxylation is 1. The maximum absolute atomic E-state index is 13.4. The molecule has 0 aliphatic carbocycles. The number of thiophene rings is 1. The predicted octanol–water partition coefficient (Wildman–Crippen LogP) is 3.56. The van der Waals surface area contributed by atoms with Crippen molar-refractivity contribution in [1.29, 1.82) is 0 Å². The number of hydrogen-bond donors (Lipinski definition) is 1. The first kappa shape index (κ1) is 12.1. The minimum absolute atomic E-state index is 0.430. The molecule has 0 saturated carbocycles. The van der Waals surface area contributed by atoms with Crippen molar-refractivity contribution >= 4 is 11.3 Å². The second-order valence-electron chi connectivity index (χ2n) is 3.70. The molecule has 1 nitrogen and oxygen atoms in total.